The zero-order chi connectivity index (χ0) is 12.4. The molecule has 1 heterocycles. The van der Waals surface area contributed by atoms with Gasteiger partial charge in [0.25, 0.3) is 0 Å². The Hall–Kier alpha value is -0.650. The maximum atomic E-state index is 11.7. The summed E-state index contributed by atoms with van der Waals surface area (Å²) < 4.78 is 5.09. The Bertz CT molecular complexity index is 254. The Morgan fingerprint density at radius 1 is 1.62 bits per heavy atom. The largest absolute Gasteiger partial charge is 0.386 e. The van der Waals surface area contributed by atoms with Crippen molar-refractivity contribution < 1.29 is 14.6 Å². The smallest absolute Gasteiger partial charge is 0.237 e. The van der Waals surface area contributed by atoms with E-state index in [0.717, 1.165) is 0 Å². The highest BCUT2D eigenvalue weighted by Crippen LogP contribution is 2.19. The number of hydrogen-bond donors (Lipinski definition) is 3. The van der Waals surface area contributed by atoms with Crippen LogP contribution in [0, 0.1) is 5.41 Å². The Labute approximate surface area is 96.3 Å². The van der Waals surface area contributed by atoms with Gasteiger partial charge in [-0.3, -0.25) is 4.79 Å². The SMILES string of the molecule is CC(C)(C)[C@@H](N)C(=O)NCC1(O)CCOC1. The van der Waals surface area contributed by atoms with E-state index in [2.05, 4.69) is 5.32 Å². The summed E-state index contributed by atoms with van der Waals surface area (Å²) >= 11 is 0. The fourth-order valence-corrected chi connectivity index (χ4v) is 1.49. The number of ether oxygens (including phenoxy) is 1. The van der Waals surface area contributed by atoms with Crippen molar-refractivity contribution in [3.8, 4) is 0 Å². The van der Waals surface area contributed by atoms with Crippen LogP contribution < -0.4 is 11.1 Å². The quantitative estimate of drug-likeness (QED) is 0.617. The third-order valence-electron chi connectivity index (χ3n) is 2.89. The van der Waals surface area contributed by atoms with Gasteiger partial charge in [-0.25, -0.2) is 0 Å². The summed E-state index contributed by atoms with van der Waals surface area (Å²) in [5, 5.41) is 12.6. The molecule has 2 atom stereocenters. The molecular weight excluding hydrogens is 208 g/mol. The predicted octanol–water partition coefficient (Wildman–Crippen LogP) is -0.373. The fraction of sp³-hybridized carbons (Fsp3) is 0.909. The van der Waals surface area contributed by atoms with Crippen molar-refractivity contribution in [1.29, 1.82) is 0 Å². The molecule has 0 aromatic carbocycles. The van der Waals surface area contributed by atoms with Crippen molar-refractivity contribution in [3.63, 3.8) is 0 Å². The minimum Gasteiger partial charge on any atom is -0.386 e. The molecule has 1 saturated heterocycles. The van der Waals surface area contributed by atoms with Crippen LogP contribution in [0.15, 0.2) is 0 Å². The lowest BCUT2D eigenvalue weighted by molar-refractivity contribution is -0.125. The first-order valence-corrected chi connectivity index (χ1v) is 5.58. The molecule has 1 rings (SSSR count). The predicted molar refractivity (Wildman–Crippen MR) is 60.8 cm³/mol. The van der Waals surface area contributed by atoms with Crippen molar-refractivity contribution in [2.24, 2.45) is 11.1 Å². The zero-order valence-corrected chi connectivity index (χ0v) is 10.2. The third kappa shape index (κ3) is 3.43. The highest BCUT2D eigenvalue weighted by molar-refractivity contribution is 5.82. The zero-order valence-electron chi connectivity index (χ0n) is 10.2. The molecule has 1 aliphatic heterocycles. The van der Waals surface area contributed by atoms with Crippen LogP contribution in [-0.2, 0) is 9.53 Å². The van der Waals surface area contributed by atoms with Crippen molar-refractivity contribution in [2.45, 2.75) is 38.8 Å². The molecular formula is C11H22N2O3. The van der Waals surface area contributed by atoms with Gasteiger partial charge in [0.1, 0.15) is 5.60 Å². The van der Waals surface area contributed by atoms with Gasteiger partial charge in [0.15, 0.2) is 0 Å². The van der Waals surface area contributed by atoms with E-state index in [1.165, 1.54) is 0 Å². The lowest BCUT2D eigenvalue weighted by Crippen LogP contribution is -2.52. The van der Waals surface area contributed by atoms with Crippen LogP contribution >= 0.6 is 0 Å². The van der Waals surface area contributed by atoms with Gasteiger partial charge in [-0.2, -0.15) is 0 Å². The minimum atomic E-state index is -0.923. The molecule has 1 fully saturated rings. The molecule has 0 spiro atoms. The number of carbonyl (C=O) groups is 1. The summed E-state index contributed by atoms with van der Waals surface area (Å²) in [6.07, 6.45) is 0.554. The Kier molecular flexibility index (Phi) is 3.93. The van der Waals surface area contributed by atoms with E-state index in [1.807, 2.05) is 20.8 Å². The summed E-state index contributed by atoms with van der Waals surface area (Å²) in [5.74, 6) is -0.229. The topological polar surface area (TPSA) is 84.6 Å². The summed E-state index contributed by atoms with van der Waals surface area (Å²) in [5.41, 5.74) is 4.59. The van der Waals surface area contributed by atoms with Gasteiger partial charge in [0.05, 0.1) is 12.6 Å². The Balaban J connectivity index is 2.40. The monoisotopic (exact) mass is 230 g/mol. The number of aliphatic hydroxyl groups is 1. The van der Waals surface area contributed by atoms with Crippen molar-refractivity contribution in [3.05, 3.63) is 0 Å². The lowest BCUT2D eigenvalue weighted by atomic mass is 9.87. The molecule has 0 aromatic heterocycles. The van der Waals surface area contributed by atoms with Crippen LogP contribution in [0.25, 0.3) is 0 Å². The van der Waals surface area contributed by atoms with Crippen LogP contribution in [0.2, 0.25) is 0 Å². The van der Waals surface area contributed by atoms with Crippen LogP contribution in [0.1, 0.15) is 27.2 Å². The summed E-state index contributed by atoms with van der Waals surface area (Å²) in [7, 11) is 0. The number of nitrogens with one attached hydrogen (secondary N) is 1. The van der Waals surface area contributed by atoms with E-state index in [0.29, 0.717) is 13.0 Å². The standard InChI is InChI=1S/C11H22N2O3/c1-10(2,3)8(12)9(14)13-6-11(15)4-5-16-7-11/h8,15H,4-7,12H2,1-3H3,(H,13,14)/t8-,11?/m0/s1. The number of nitrogens with two attached hydrogens (primary N) is 1. The Morgan fingerprint density at radius 2 is 2.25 bits per heavy atom. The van der Waals surface area contributed by atoms with Gasteiger partial charge in [-0.1, -0.05) is 20.8 Å². The normalized spacial score (nSPS) is 27.8. The van der Waals surface area contributed by atoms with Crippen molar-refractivity contribution >= 4 is 5.91 Å². The van der Waals surface area contributed by atoms with Gasteiger partial charge >= 0.3 is 0 Å². The lowest BCUT2D eigenvalue weighted by Gasteiger charge is -2.28. The van der Waals surface area contributed by atoms with Crippen molar-refractivity contribution in [1.82, 2.24) is 5.32 Å². The van der Waals surface area contributed by atoms with E-state index < -0.39 is 11.6 Å². The molecule has 94 valence electrons. The molecule has 1 unspecified atom stereocenters. The average molecular weight is 230 g/mol. The first-order valence-electron chi connectivity index (χ1n) is 5.58. The molecule has 0 saturated carbocycles. The van der Waals surface area contributed by atoms with E-state index >= 15 is 0 Å². The van der Waals surface area contributed by atoms with Gasteiger partial charge in [-0.05, 0) is 5.41 Å². The first kappa shape index (κ1) is 13.4. The molecule has 5 nitrogen and oxygen atoms in total. The molecule has 0 radical (unpaired) electrons. The maximum Gasteiger partial charge on any atom is 0.237 e. The summed E-state index contributed by atoms with van der Waals surface area (Å²) in [4.78, 5) is 11.7. The molecule has 1 aliphatic rings. The van der Waals surface area contributed by atoms with Crippen LogP contribution in [0.5, 0.6) is 0 Å². The summed E-state index contributed by atoms with van der Waals surface area (Å²) in [6, 6.07) is -0.571. The van der Waals surface area contributed by atoms with Gasteiger partial charge < -0.3 is 20.9 Å². The first-order chi connectivity index (χ1) is 7.25. The van der Waals surface area contributed by atoms with Gasteiger partial charge in [0.2, 0.25) is 5.91 Å². The van der Waals surface area contributed by atoms with E-state index in [1.54, 1.807) is 0 Å². The van der Waals surface area contributed by atoms with E-state index in [9.17, 15) is 9.90 Å². The molecule has 5 heteroatoms. The second kappa shape index (κ2) is 4.69. The number of carbonyl (C=O) groups excluding carboxylic acids is 1. The van der Waals surface area contributed by atoms with Crippen molar-refractivity contribution in [2.75, 3.05) is 19.8 Å². The number of hydrogen-bond acceptors (Lipinski definition) is 4. The van der Waals surface area contributed by atoms with Crippen LogP contribution in [0.3, 0.4) is 0 Å². The van der Waals surface area contributed by atoms with E-state index in [4.69, 9.17) is 10.5 Å². The van der Waals surface area contributed by atoms with Gasteiger partial charge in [0, 0.05) is 19.6 Å². The van der Waals surface area contributed by atoms with Gasteiger partial charge in [-0.15, -0.1) is 0 Å². The molecule has 1 amide bonds. The second-order valence-electron chi connectivity index (χ2n) is 5.59. The van der Waals surface area contributed by atoms with E-state index in [-0.39, 0.29) is 24.5 Å². The van der Waals surface area contributed by atoms with Crippen LogP contribution in [-0.4, -0.2) is 42.4 Å². The number of rotatable bonds is 3. The minimum absolute atomic E-state index is 0.204. The highest BCUT2D eigenvalue weighted by Gasteiger charge is 2.34. The summed E-state index contributed by atoms with van der Waals surface area (Å²) in [6.45, 7) is 6.74. The molecule has 16 heavy (non-hydrogen) atoms. The second-order valence-corrected chi connectivity index (χ2v) is 5.59. The van der Waals surface area contributed by atoms with Crippen LogP contribution in [0.4, 0.5) is 0 Å². The molecule has 0 bridgehead atoms. The fourth-order valence-electron chi connectivity index (χ4n) is 1.49. The number of amides is 1. The highest BCUT2D eigenvalue weighted by atomic mass is 16.5. The Morgan fingerprint density at radius 3 is 2.69 bits per heavy atom. The molecule has 4 N–H and O–H groups in total. The average Bonchev–Trinajstić information content (AvgIpc) is 2.60. The maximum absolute atomic E-state index is 11.7. The molecule has 0 aromatic rings. The third-order valence-corrected chi connectivity index (χ3v) is 2.89. The molecule has 0 aliphatic carbocycles.